The van der Waals surface area contributed by atoms with E-state index in [4.69, 9.17) is 0 Å². The highest BCUT2D eigenvalue weighted by Crippen LogP contribution is 2.13. The lowest BCUT2D eigenvalue weighted by Crippen LogP contribution is -2.45. The van der Waals surface area contributed by atoms with Gasteiger partial charge < -0.3 is 15.5 Å². The van der Waals surface area contributed by atoms with Crippen molar-refractivity contribution in [1.29, 1.82) is 0 Å². The summed E-state index contributed by atoms with van der Waals surface area (Å²) in [5, 5.41) is 11.3. The van der Waals surface area contributed by atoms with Gasteiger partial charge in [0.15, 0.2) is 5.96 Å². The van der Waals surface area contributed by atoms with Crippen LogP contribution in [0.2, 0.25) is 0 Å². The van der Waals surface area contributed by atoms with Crippen LogP contribution < -0.4 is 10.6 Å². The molecule has 6 nitrogen and oxygen atoms in total. The summed E-state index contributed by atoms with van der Waals surface area (Å²) in [7, 11) is 6.02. The van der Waals surface area contributed by atoms with Crippen LogP contribution in [0.3, 0.4) is 0 Å². The van der Waals surface area contributed by atoms with Crippen molar-refractivity contribution < 1.29 is 0 Å². The molecular weight excluding hydrogens is 415 g/mol. The SMILES string of the molecule is CN=C(NCCCn1nc(C)cc1C)NCC(C)(C)CN(C)C.I. The second kappa shape index (κ2) is 10.9. The molecule has 0 saturated carbocycles. The summed E-state index contributed by atoms with van der Waals surface area (Å²) in [4.78, 5) is 6.51. The first-order chi connectivity index (χ1) is 10.7. The Morgan fingerprint density at radius 2 is 1.96 bits per heavy atom. The molecule has 0 unspecified atom stereocenters. The number of nitrogens with one attached hydrogen (secondary N) is 2. The van der Waals surface area contributed by atoms with Crippen LogP contribution in [0.15, 0.2) is 11.1 Å². The van der Waals surface area contributed by atoms with E-state index < -0.39 is 0 Å². The van der Waals surface area contributed by atoms with E-state index in [9.17, 15) is 0 Å². The number of rotatable bonds is 8. The fourth-order valence-electron chi connectivity index (χ4n) is 2.79. The summed E-state index contributed by atoms with van der Waals surface area (Å²) < 4.78 is 2.06. The Morgan fingerprint density at radius 1 is 1.29 bits per heavy atom. The van der Waals surface area contributed by atoms with Gasteiger partial charge in [-0.05, 0) is 45.8 Å². The van der Waals surface area contributed by atoms with Gasteiger partial charge in [0.05, 0.1) is 5.69 Å². The van der Waals surface area contributed by atoms with Crippen molar-refractivity contribution in [3.05, 3.63) is 17.5 Å². The lowest BCUT2D eigenvalue weighted by atomic mass is 9.93. The maximum absolute atomic E-state index is 4.48. The third-order valence-electron chi connectivity index (χ3n) is 3.64. The first-order valence-electron chi connectivity index (χ1n) is 8.34. The molecule has 0 atom stereocenters. The highest BCUT2D eigenvalue weighted by Gasteiger charge is 2.19. The molecule has 1 aromatic heterocycles. The van der Waals surface area contributed by atoms with Crippen LogP contribution in [-0.4, -0.2) is 61.4 Å². The maximum Gasteiger partial charge on any atom is 0.190 e. The molecule has 0 aromatic carbocycles. The average molecular weight is 450 g/mol. The standard InChI is InChI=1S/C17H34N6.HI/c1-14-11-15(2)23(21-14)10-8-9-19-16(18-5)20-12-17(3,4)13-22(6)7;/h11H,8-10,12-13H2,1-7H3,(H2,18,19,20);1H. The molecule has 0 spiro atoms. The van der Waals surface area contributed by atoms with E-state index in [1.54, 1.807) is 0 Å². The van der Waals surface area contributed by atoms with E-state index in [1.165, 1.54) is 5.69 Å². The third kappa shape index (κ3) is 8.86. The summed E-state index contributed by atoms with van der Waals surface area (Å²) in [6, 6.07) is 2.11. The smallest absolute Gasteiger partial charge is 0.190 e. The maximum atomic E-state index is 4.48. The van der Waals surface area contributed by atoms with Crippen molar-refractivity contribution in [2.45, 2.75) is 40.7 Å². The van der Waals surface area contributed by atoms with E-state index in [1.807, 2.05) is 14.0 Å². The van der Waals surface area contributed by atoms with Gasteiger partial charge in [-0.2, -0.15) is 5.10 Å². The molecule has 0 aliphatic heterocycles. The van der Waals surface area contributed by atoms with Gasteiger partial charge in [0.2, 0.25) is 0 Å². The molecule has 1 aromatic rings. The Bertz CT molecular complexity index is 507. The fourth-order valence-corrected chi connectivity index (χ4v) is 2.79. The molecule has 0 aliphatic carbocycles. The Morgan fingerprint density at radius 3 is 2.46 bits per heavy atom. The Balaban J connectivity index is 0.00000529. The summed E-state index contributed by atoms with van der Waals surface area (Å²) in [6.45, 7) is 12.4. The Kier molecular flexibility index (Phi) is 10.5. The Labute approximate surface area is 164 Å². The molecule has 1 heterocycles. The van der Waals surface area contributed by atoms with E-state index in [0.717, 1.165) is 44.3 Å². The molecule has 0 aliphatic rings. The molecule has 0 saturated heterocycles. The molecule has 0 radical (unpaired) electrons. The van der Waals surface area contributed by atoms with Crippen molar-refractivity contribution in [3.63, 3.8) is 0 Å². The van der Waals surface area contributed by atoms with Crippen molar-refractivity contribution in [2.75, 3.05) is 40.8 Å². The zero-order chi connectivity index (χ0) is 17.5. The van der Waals surface area contributed by atoms with Crippen molar-refractivity contribution in [3.8, 4) is 0 Å². The first kappa shape index (κ1) is 23.2. The predicted octanol–water partition coefficient (Wildman–Crippen LogP) is 2.26. The number of aromatic nitrogens is 2. The van der Waals surface area contributed by atoms with Gasteiger partial charge in [-0.3, -0.25) is 9.67 Å². The molecule has 0 bridgehead atoms. The van der Waals surface area contributed by atoms with Crippen LogP contribution in [0.1, 0.15) is 31.7 Å². The zero-order valence-electron chi connectivity index (χ0n) is 16.3. The van der Waals surface area contributed by atoms with Crippen LogP contribution >= 0.6 is 24.0 Å². The molecule has 2 N–H and O–H groups in total. The van der Waals surface area contributed by atoms with Crippen LogP contribution in [0.25, 0.3) is 0 Å². The second-order valence-corrected chi connectivity index (χ2v) is 7.26. The predicted molar refractivity (Wildman–Crippen MR) is 113 cm³/mol. The van der Waals surface area contributed by atoms with Crippen molar-refractivity contribution in [1.82, 2.24) is 25.3 Å². The number of aryl methyl sites for hydroxylation is 3. The largest absolute Gasteiger partial charge is 0.356 e. The van der Waals surface area contributed by atoms with Crippen LogP contribution in [-0.2, 0) is 6.54 Å². The van der Waals surface area contributed by atoms with Gasteiger partial charge in [-0.15, -0.1) is 24.0 Å². The Hall–Kier alpha value is -0.830. The van der Waals surface area contributed by atoms with E-state index in [2.05, 4.69) is 71.2 Å². The number of hydrogen-bond acceptors (Lipinski definition) is 3. The van der Waals surface area contributed by atoms with Crippen molar-refractivity contribution >= 4 is 29.9 Å². The average Bonchev–Trinajstić information content (AvgIpc) is 2.74. The van der Waals surface area contributed by atoms with E-state index in [0.29, 0.717) is 0 Å². The number of nitrogens with zero attached hydrogens (tertiary/aromatic N) is 4. The van der Waals surface area contributed by atoms with Gasteiger partial charge in [0.25, 0.3) is 0 Å². The van der Waals surface area contributed by atoms with Gasteiger partial charge in [0, 0.05) is 38.9 Å². The lowest BCUT2D eigenvalue weighted by molar-refractivity contribution is 0.241. The van der Waals surface area contributed by atoms with Gasteiger partial charge in [0.1, 0.15) is 0 Å². The lowest BCUT2D eigenvalue weighted by Gasteiger charge is -2.29. The number of hydrogen-bond donors (Lipinski definition) is 2. The quantitative estimate of drug-likeness (QED) is 0.276. The minimum atomic E-state index is 0. The number of halogens is 1. The highest BCUT2D eigenvalue weighted by atomic mass is 127. The zero-order valence-corrected chi connectivity index (χ0v) is 18.6. The molecule has 0 fully saturated rings. The first-order valence-corrected chi connectivity index (χ1v) is 8.34. The number of guanidine groups is 1. The molecular formula is C17H35IN6. The summed E-state index contributed by atoms with van der Waals surface area (Å²) in [5.41, 5.74) is 2.50. The minimum Gasteiger partial charge on any atom is -0.356 e. The molecule has 24 heavy (non-hydrogen) atoms. The fraction of sp³-hybridized carbons (Fsp3) is 0.765. The minimum absolute atomic E-state index is 0. The molecule has 7 heteroatoms. The number of aliphatic imine (C=N–C) groups is 1. The van der Waals surface area contributed by atoms with Crippen LogP contribution in [0.5, 0.6) is 0 Å². The van der Waals surface area contributed by atoms with E-state index >= 15 is 0 Å². The molecule has 140 valence electrons. The topological polar surface area (TPSA) is 57.5 Å². The van der Waals surface area contributed by atoms with Crippen LogP contribution in [0.4, 0.5) is 0 Å². The van der Waals surface area contributed by atoms with Gasteiger partial charge in [-0.25, -0.2) is 0 Å². The summed E-state index contributed by atoms with van der Waals surface area (Å²) in [5.74, 6) is 0.866. The highest BCUT2D eigenvalue weighted by molar-refractivity contribution is 14.0. The third-order valence-corrected chi connectivity index (χ3v) is 3.64. The monoisotopic (exact) mass is 450 g/mol. The summed E-state index contributed by atoms with van der Waals surface area (Å²) in [6.07, 6.45) is 1.02. The van der Waals surface area contributed by atoms with Gasteiger partial charge >= 0.3 is 0 Å². The van der Waals surface area contributed by atoms with E-state index in [-0.39, 0.29) is 29.4 Å². The van der Waals surface area contributed by atoms with Crippen LogP contribution in [0, 0.1) is 19.3 Å². The normalized spacial score (nSPS) is 12.2. The second-order valence-electron chi connectivity index (χ2n) is 7.26. The summed E-state index contributed by atoms with van der Waals surface area (Å²) >= 11 is 0. The molecule has 0 amide bonds. The van der Waals surface area contributed by atoms with Crippen molar-refractivity contribution in [2.24, 2.45) is 10.4 Å². The van der Waals surface area contributed by atoms with Gasteiger partial charge in [-0.1, -0.05) is 13.8 Å². The molecule has 1 rings (SSSR count).